The van der Waals surface area contributed by atoms with E-state index < -0.39 is 5.97 Å². The quantitative estimate of drug-likeness (QED) is 0.316. The Hall–Kier alpha value is -2.89. The van der Waals surface area contributed by atoms with Crippen molar-refractivity contribution < 1.29 is 19.4 Å². The SMILES string of the molecule is CC1CCC(C(=O)N(c2cc(C#CC(C)(C)C)sc2C(=O)O)[C@H]2CC[C@H](Oc3cccc(CN4CCCC4)n3)CC2)CC1. The Kier molecular flexibility index (Phi) is 10.1. The highest BCUT2D eigenvalue weighted by Crippen LogP contribution is 2.39. The molecule has 7 nitrogen and oxygen atoms in total. The number of carboxylic acids is 1. The van der Waals surface area contributed by atoms with Crippen molar-refractivity contribution >= 4 is 28.9 Å². The van der Waals surface area contributed by atoms with Crippen LogP contribution in [0.4, 0.5) is 5.69 Å². The summed E-state index contributed by atoms with van der Waals surface area (Å²) in [6, 6.07) is 7.80. The molecule has 2 aromatic heterocycles. The summed E-state index contributed by atoms with van der Waals surface area (Å²) in [6.07, 6.45) is 9.40. The van der Waals surface area contributed by atoms with Gasteiger partial charge in [-0.15, -0.1) is 11.3 Å². The van der Waals surface area contributed by atoms with E-state index in [1.54, 1.807) is 0 Å². The third-order valence-electron chi connectivity index (χ3n) is 8.99. The number of carbonyl (C=O) groups is 2. The van der Waals surface area contributed by atoms with Crippen LogP contribution in [0, 0.1) is 29.1 Å². The molecule has 232 valence electrons. The summed E-state index contributed by atoms with van der Waals surface area (Å²) in [5.74, 6) is 6.70. The average molecular weight is 606 g/mol. The number of anilines is 1. The topological polar surface area (TPSA) is 83.0 Å². The fourth-order valence-corrected chi connectivity index (χ4v) is 7.44. The Balaban J connectivity index is 1.33. The highest BCUT2D eigenvalue weighted by atomic mass is 32.1. The lowest BCUT2D eigenvalue weighted by Crippen LogP contribution is -2.47. The average Bonchev–Trinajstić information content (AvgIpc) is 3.64. The Labute approximate surface area is 261 Å². The number of pyridine rings is 1. The van der Waals surface area contributed by atoms with E-state index in [0.717, 1.165) is 76.7 Å². The van der Waals surface area contributed by atoms with Gasteiger partial charge in [0.2, 0.25) is 11.8 Å². The molecule has 1 saturated heterocycles. The van der Waals surface area contributed by atoms with Crippen molar-refractivity contribution in [1.82, 2.24) is 9.88 Å². The molecule has 2 saturated carbocycles. The van der Waals surface area contributed by atoms with Gasteiger partial charge in [0.15, 0.2) is 0 Å². The summed E-state index contributed by atoms with van der Waals surface area (Å²) in [5.41, 5.74) is 1.35. The maximum atomic E-state index is 14.2. The van der Waals surface area contributed by atoms with Crippen LogP contribution in [-0.2, 0) is 11.3 Å². The Bertz CT molecular complexity index is 1330. The van der Waals surface area contributed by atoms with Crippen molar-refractivity contribution in [3.8, 4) is 17.7 Å². The maximum absolute atomic E-state index is 14.2. The van der Waals surface area contributed by atoms with Crippen LogP contribution < -0.4 is 9.64 Å². The highest BCUT2D eigenvalue weighted by Gasteiger charge is 2.38. The maximum Gasteiger partial charge on any atom is 0.348 e. The van der Waals surface area contributed by atoms with Gasteiger partial charge in [0, 0.05) is 30.0 Å². The largest absolute Gasteiger partial charge is 0.477 e. The number of aromatic carboxylic acids is 1. The molecule has 0 spiro atoms. The van der Waals surface area contributed by atoms with Crippen molar-refractivity contribution in [3.05, 3.63) is 39.7 Å². The summed E-state index contributed by atoms with van der Waals surface area (Å²) >= 11 is 1.18. The van der Waals surface area contributed by atoms with Gasteiger partial charge in [0.1, 0.15) is 11.0 Å². The number of hydrogen-bond acceptors (Lipinski definition) is 6. The minimum atomic E-state index is -1.00. The van der Waals surface area contributed by atoms with Gasteiger partial charge in [-0.3, -0.25) is 9.69 Å². The van der Waals surface area contributed by atoms with Crippen LogP contribution in [0.25, 0.3) is 0 Å². The second-order valence-corrected chi connectivity index (χ2v) is 14.8. The van der Waals surface area contributed by atoms with Crippen molar-refractivity contribution in [2.24, 2.45) is 17.3 Å². The van der Waals surface area contributed by atoms with E-state index in [1.807, 2.05) is 43.9 Å². The third-order valence-corrected chi connectivity index (χ3v) is 10.0. The zero-order chi connectivity index (χ0) is 30.6. The first-order valence-corrected chi connectivity index (χ1v) is 17.0. The van der Waals surface area contributed by atoms with Crippen LogP contribution in [0.15, 0.2) is 24.3 Å². The molecule has 0 radical (unpaired) electrons. The van der Waals surface area contributed by atoms with E-state index in [2.05, 4.69) is 29.7 Å². The summed E-state index contributed by atoms with van der Waals surface area (Å²) in [5, 5.41) is 10.2. The van der Waals surface area contributed by atoms with Gasteiger partial charge in [-0.1, -0.05) is 24.8 Å². The molecular weight excluding hydrogens is 558 g/mol. The predicted molar refractivity (Wildman–Crippen MR) is 172 cm³/mol. The lowest BCUT2D eigenvalue weighted by atomic mass is 9.81. The lowest BCUT2D eigenvalue weighted by molar-refractivity contribution is -0.124. The third kappa shape index (κ3) is 8.39. The molecule has 0 bridgehead atoms. The van der Waals surface area contributed by atoms with Crippen molar-refractivity contribution in [3.63, 3.8) is 0 Å². The van der Waals surface area contributed by atoms with Gasteiger partial charge >= 0.3 is 5.97 Å². The molecule has 3 aliphatic rings. The Morgan fingerprint density at radius 2 is 1.77 bits per heavy atom. The van der Waals surface area contributed by atoms with Crippen LogP contribution in [0.1, 0.15) is 112 Å². The number of thiophene rings is 1. The minimum absolute atomic E-state index is 0.0212. The van der Waals surface area contributed by atoms with Crippen LogP contribution >= 0.6 is 11.3 Å². The zero-order valence-corrected chi connectivity index (χ0v) is 27.0. The number of ether oxygens (including phenoxy) is 1. The lowest BCUT2D eigenvalue weighted by Gasteiger charge is -2.39. The van der Waals surface area contributed by atoms with Crippen LogP contribution in [0.3, 0.4) is 0 Å². The molecule has 0 unspecified atom stereocenters. The number of carbonyl (C=O) groups excluding carboxylic acids is 1. The van der Waals surface area contributed by atoms with E-state index in [9.17, 15) is 14.7 Å². The molecule has 1 amide bonds. The molecule has 1 aliphatic heterocycles. The number of rotatable bonds is 8. The molecule has 5 rings (SSSR count). The summed E-state index contributed by atoms with van der Waals surface area (Å²) in [7, 11) is 0. The second kappa shape index (κ2) is 13.8. The molecule has 2 aliphatic carbocycles. The van der Waals surface area contributed by atoms with Gasteiger partial charge in [0.05, 0.1) is 16.3 Å². The molecule has 0 aromatic carbocycles. The number of aromatic nitrogens is 1. The summed E-state index contributed by atoms with van der Waals surface area (Å²) in [4.78, 5) is 36.6. The van der Waals surface area contributed by atoms with Gasteiger partial charge in [-0.2, -0.15) is 0 Å². The molecule has 1 N–H and O–H groups in total. The molecule has 3 fully saturated rings. The van der Waals surface area contributed by atoms with Crippen molar-refractivity contribution in [1.29, 1.82) is 0 Å². The van der Waals surface area contributed by atoms with Gasteiger partial charge in [-0.05, 0) is 116 Å². The van der Waals surface area contributed by atoms with Gasteiger partial charge in [-0.25, -0.2) is 9.78 Å². The summed E-state index contributed by atoms with van der Waals surface area (Å²) < 4.78 is 6.37. The smallest absolute Gasteiger partial charge is 0.348 e. The second-order valence-electron chi connectivity index (χ2n) is 13.8. The first-order valence-electron chi connectivity index (χ1n) is 16.1. The number of nitrogens with zero attached hydrogens (tertiary/aromatic N) is 3. The fraction of sp³-hybridized carbons (Fsp3) is 0.629. The number of amides is 1. The first kappa shape index (κ1) is 31.5. The monoisotopic (exact) mass is 605 g/mol. The van der Waals surface area contributed by atoms with E-state index in [1.165, 1.54) is 24.2 Å². The highest BCUT2D eigenvalue weighted by molar-refractivity contribution is 7.15. The standard InChI is InChI=1S/C35H47N3O4S/c1-24-10-12-25(13-11-24)33(39)38(30-22-29(18-19-35(2,3)4)43-32(30)34(40)41)27-14-16-28(17-15-27)42-31-9-7-8-26(36-31)23-37-20-5-6-21-37/h7-9,22,24-25,27-28H,5-6,10-17,20-21,23H2,1-4H3,(H,40,41)/t24?,25?,27-,28-. The number of hydrogen-bond donors (Lipinski definition) is 1. The molecule has 0 atom stereocenters. The normalized spacial score (nSPS) is 24.7. The van der Waals surface area contributed by atoms with Crippen LogP contribution in [-0.4, -0.2) is 52.1 Å². The van der Waals surface area contributed by atoms with E-state index in [4.69, 9.17) is 9.72 Å². The molecule has 3 heterocycles. The molecular formula is C35H47N3O4S. The van der Waals surface area contributed by atoms with Crippen LogP contribution in [0.2, 0.25) is 0 Å². The molecule has 8 heteroatoms. The van der Waals surface area contributed by atoms with E-state index in [-0.39, 0.29) is 34.3 Å². The zero-order valence-electron chi connectivity index (χ0n) is 26.2. The van der Waals surface area contributed by atoms with Gasteiger partial charge in [0.25, 0.3) is 0 Å². The van der Waals surface area contributed by atoms with E-state index >= 15 is 0 Å². The van der Waals surface area contributed by atoms with E-state index in [0.29, 0.717) is 22.4 Å². The van der Waals surface area contributed by atoms with Gasteiger partial charge < -0.3 is 14.7 Å². The minimum Gasteiger partial charge on any atom is -0.477 e. The number of likely N-dealkylation sites (tertiary alicyclic amines) is 1. The van der Waals surface area contributed by atoms with Crippen LogP contribution in [0.5, 0.6) is 5.88 Å². The fourth-order valence-electron chi connectivity index (χ4n) is 6.60. The first-order chi connectivity index (χ1) is 20.6. The Morgan fingerprint density at radius 3 is 2.42 bits per heavy atom. The van der Waals surface area contributed by atoms with Crippen molar-refractivity contribution in [2.75, 3.05) is 18.0 Å². The van der Waals surface area contributed by atoms with Crippen molar-refractivity contribution in [2.45, 2.75) is 111 Å². The summed E-state index contributed by atoms with van der Waals surface area (Å²) in [6.45, 7) is 11.5. The Morgan fingerprint density at radius 1 is 1.07 bits per heavy atom. The predicted octanol–water partition coefficient (Wildman–Crippen LogP) is 7.38. The molecule has 2 aromatic rings. The molecule has 43 heavy (non-hydrogen) atoms. The number of carboxylic acid groups (broad SMARTS) is 1.